The maximum atomic E-state index is 13.2. The van der Waals surface area contributed by atoms with Crippen molar-refractivity contribution >= 4 is 17.9 Å². The fourth-order valence-corrected chi connectivity index (χ4v) is 3.92. The number of urea groups is 1. The highest BCUT2D eigenvalue weighted by molar-refractivity contribution is 5.84. The third-order valence-corrected chi connectivity index (χ3v) is 5.81. The largest absolute Gasteiger partial charge is 0.459 e. The second-order valence-electron chi connectivity index (χ2n) is 9.42. The lowest BCUT2D eigenvalue weighted by molar-refractivity contribution is -0.147. The van der Waals surface area contributed by atoms with Gasteiger partial charge in [-0.3, -0.25) is 4.79 Å². The van der Waals surface area contributed by atoms with Crippen LogP contribution in [0.2, 0.25) is 0 Å². The van der Waals surface area contributed by atoms with Crippen LogP contribution in [-0.4, -0.2) is 41.9 Å². The van der Waals surface area contributed by atoms with E-state index in [1.54, 1.807) is 0 Å². The first-order valence-corrected chi connectivity index (χ1v) is 12.5. The van der Waals surface area contributed by atoms with E-state index >= 15 is 0 Å². The van der Waals surface area contributed by atoms with Gasteiger partial charge in [-0.25, -0.2) is 9.59 Å². The van der Waals surface area contributed by atoms with E-state index in [1.807, 2.05) is 98.8 Å². The van der Waals surface area contributed by atoms with Crippen molar-refractivity contribution in [3.63, 3.8) is 0 Å². The molecule has 0 saturated carbocycles. The monoisotopic (exact) mass is 501 g/mol. The molecule has 7 nitrogen and oxygen atoms in total. The summed E-state index contributed by atoms with van der Waals surface area (Å²) in [5, 5.41) is 2.84. The predicted octanol–water partition coefficient (Wildman–Crippen LogP) is 4.55. The molecular formula is C30H35N3O4. The van der Waals surface area contributed by atoms with Gasteiger partial charge in [-0.15, -0.1) is 0 Å². The van der Waals surface area contributed by atoms with E-state index in [2.05, 4.69) is 5.32 Å². The van der Waals surface area contributed by atoms with Crippen molar-refractivity contribution < 1.29 is 19.1 Å². The number of carbonyl (C=O) groups is 3. The molecule has 194 valence electrons. The van der Waals surface area contributed by atoms with Crippen molar-refractivity contribution in [1.82, 2.24) is 10.2 Å². The summed E-state index contributed by atoms with van der Waals surface area (Å²) in [6.07, 6.45) is 0.310. The summed E-state index contributed by atoms with van der Waals surface area (Å²) in [6.45, 7) is 4.67. The van der Waals surface area contributed by atoms with Crippen molar-refractivity contribution in [2.75, 3.05) is 13.1 Å². The van der Waals surface area contributed by atoms with Gasteiger partial charge in [-0.2, -0.15) is 0 Å². The summed E-state index contributed by atoms with van der Waals surface area (Å²) < 4.78 is 5.57. The molecule has 37 heavy (non-hydrogen) atoms. The van der Waals surface area contributed by atoms with E-state index < -0.39 is 23.9 Å². The van der Waals surface area contributed by atoms with Gasteiger partial charge in [0.15, 0.2) is 0 Å². The van der Waals surface area contributed by atoms with Crippen LogP contribution in [0.3, 0.4) is 0 Å². The number of primary amides is 1. The maximum absolute atomic E-state index is 13.2. The molecule has 0 aromatic heterocycles. The van der Waals surface area contributed by atoms with Gasteiger partial charge in [0.1, 0.15) is 12.6 Å². The quantitative estimate of drug-likeness (QED) is 0.356. The lowest BCUT2D eigenvalue weighted by Gasteiger charge is -2.27. The number of rotatable bonds is 12. The Kier molecular flexibility index (Phi) is 10.3. The molecule has 3 rings (SSSR count). The van der Waals surface area contributed by atoms with Crippen LogP contribution in [0, 0.1) is 5.92 Å². The third kappa shape index (κ3) is 9.11. The number of benzene rings is 3. The minimum absolute atomic E-state index is 0.0458. The van der Waals surface area contributed by atoms with Gasteiger partial charge in [0, 0.05) is 25.9 Å². The molecule has 0 radical (unpaired) electrons. The number of nitrogens with one attached hydrogen (secondary N) is 1. The molecule has 7 heteroatoms. The van der Waals surface area contributed by atoms with Gasteiger partial charge in [0.2, 0.25) is 5.91 Å². The van der Waals surface area contributed by atoms with Crippen molar-refractivity contribution in [2.45, 2.75) is 39.3 Å². The SMILES string of the molecule is CC(C)CN(CCC(N)=O)C(=O)N[C@@H](Cc1ccc(-c2ccccc2)cc1)C(=O)OCc1ccccc1. The highest BCUT2D eigenvalue weighted by Crippen LogP contribution is 2.20. The van der Waals surface area contributed by atoms with Gasteiger partial charge in [0.25, 0.3) is 0 Å². The number of hydrogen-bond acceptors (Lipinski definition) is 4. The molecule has 0 heterocycles. The molecule has 0 spiro atoms. The summed E-state index contributed by atoms with van der Waals surface area (Å²) in [4.78, 5) is 39.1. The van der Waals surface area contributed by atoms with Crippen molar-refractivity contribution in [3.8, 4) is 11.1 Å². The first kappa shape index (κ1) is 27.5. The zero-order valence-corrected chi connectivity index (χ0v) is 21.4. The molecule has 0 bridgehead atoms. The Bertz CT molecular complexity index is 1150. The van der Waals surface area contributed by atoms with Crippen LogP contribution in [0.1, 0.15) is 31.4 Å². The fraction of sp³-hybridized carbons (Fsp3) is 0.300. The number of esters is 1. The topological polar surface area (TPSA) is 102 Å². The van der Waals surface area contributed by atoms with Crippen molar-refractivity contribution in [3.05, 3.63) is 96.1 Å². The highest BCUT2D eigenvalue weighted by Gasteiger charge is 2.26. The number of nitrogens with two attached hydrogens (primary N) is 1. The Morgan fingerprint density at radius 3 is 2.03 bits per heavy atom. The van der Waals surface area contributed by atoms with E-state index in [-0.39, 0.29) is 31.9 Å². The van der Waals surface area contributed by atoms with E-state index in [4.69, 9.17) is 10.5 Å². The number of carbonyl (C=O) groups excluding carboxylic acids is 3. The van der Waals surface area contributed by atoms with E-state index in [1.165, 1.54) is 4.90 Å². The zero-order chi connectivity index (χ0) is 26.6. The average Bonchev–Trinajstić information content (AvgIpc) is 2.90. The normalized spacial score (nSPS) is 11.5. The van der Waals surface area contributed by atoms with E-state index in [0.29, 0.717) is 6.54 Å². The maximum Gasteiger partial charge on any atom is 0.329 e. The molecule has 0 aliphatic carbocycles. The Morgan fingerprint density at radius 2 is 1.43 bits per heavy atom. The summed E-state index contributed by atoms with van der Waals surface area (Å²) in [5.74, 6) is -0.838. The standard InChI is InChI=1S/C30H35N3O4/c1-22(2)20-33(18-17-28(31)34)30(36)32-27(29(35)37-21-24-9-5-3-6-10-24)19-23-13-15-26(16-14-23)25-11-7-4-8-12-25/h3-16,22,27H,17-21H2,1-2H3,(H2,31,34)(H,32,36)/t27-/m0/s1. The Hall–Kier alpha value is -4.13. The van der Waals surface area contributed by atoms with E-state index in [0.717, 1.165) is 22.3 Å². The Morgan fingerprint density at radius 1 is 0.838 bits per heavy atom. The van der Waals surface area contributed by atoms with E-state index in [9.17, 15) is 14.4 Å². The van der Waals surface area contributed by atoms with Gasteiger partial charge >= 0.3 is 12.0 Å². The van der Waals surface area contributed by atoms with Crippen molar-refractivity contribution in [2.24, 2.45) is 11.7 Å². The van der Waals surface area contributed by atoms with Gasteiger partial charge in [-0.05, 0) is 28.2 Å². The van der Waals surface area contributed by atoms with Gasteiger partial charge < -0.3 is 20.7 Å². The fourth-order valence-electron chi connectivity index (χ4n) is 3.92. The molecule has 1 atom stereocenters. The summed E-state index contributed by atoms with van der Waals surface area (Å²) >= 11 is 0. The molecule has 3 aromatic rings. The minimum Gasteiger partial charge on any atom is -0.459 e. The molecule has 0 fully saturated rings. The second kappa shape index (κ2) is 13.8. The van der Waals surface area contributed by atoms with Crippen LogP contribution in [0.4, 0.5) is 4.79 Å². The molecule has 3 N–H and O–H groups in total. The van der Waals surface area contributed by atoms with Gasteiger partial charge in [-0.1, -0.05) is 98.8 Å². The summed E-state index contributed by atoms with van der Waals surface area (Å²) in [7, 11) is 0. The third-order valence-electron chi connectivity index (χ3n) is 5.81. The number of ether oxygens (including phenoxy) is 1. The van der Waals surface area contributed by atoms with Crippen LogP contribution in [0.15, 0.2) is 84.9 Å². The Balaban J connectivity index is 1.75. The molecule has 0 unspecified atom stereocenters. The number of nitrogens with zero attached hydrogens (tertiary/aromatic N) is 1. The van der Waals surface area contributed by atoms with Crippen LogP contribution < -0.4 is 11.1 Å². The molecule has 0 aliphatic heterocycles. The molecule has 0 aliphatic rings. The zero-order valence-electron chi connectivity index (χ0n) is 21.4. The van der Waals surface area contributed by atoms with Crippen LogP contribution >= 0.6 is 0 Å². The smallest absolute Gasteiger partial charge is 0.329 e. The predicted molar refractivity (Wildman–Crippen MR) is 144 cm³/mol. The first-order valence-electron chi connectivity index (χ1n) is 12.5. The molecular weight excluding hydrogens is 466 g/mol. The van der Waals surface area contributed by atoms with Gasteiger partial charge in [0.05, 0.1) is 0 Å². The first-order chi connectivity index (χ1) is 17.8. The number of amides is 3. The summed E-state index contributed by atoms with van der Waals surface area (Å²) in [5.41, 5.74) is 9.20. The van der Waals surface area contributed by atoms with Crippen LogP contribution in [-0.2, 0) is 27.4 Å². The molecule has 3 aromatic carbocycles. The molecule has 0 saturated heterocycles. The lowest BCUT2D eigenvalue weighted by atomic mass is 10.0. The molecule has 3 amide bonds. The highest BCUT2D eigenvalue weighted by atomic mass is 16.5. The lowest BCUT2D eigenvalue weighted by Crippen LogP contribution is -2.50. The number of hydrogen-bond donors (Lipinski definition) is 2. The minimum atomic E-state index is -0.901. The summed E-state index contributed by atoms with van der Waals surface area (Å²) in [6, 6.07) is 26.0. The van der Waals surface area contributed by atoms with Crippen molar-refractivity contribution in [1.29, 1.82) is 0 Å². The van der Waals surface area contributed by atoms with Crippen LogP contribution in [0.5, 0.6) is 0 Å². The average molecular weight is 502 g/mol. The second-order valence-corrected chi connectivity index (χ2v) is 9.42. The van der Waals surface area contributed by atoms with Crippen LogP contribution in [0.25, 0.3) is 11.1 Å². The Labute approximate surface area is 218 Å².